The summed E-state index contributed by atoms with van der Waals surface area (Å²) in [4.78, 5) is 11.6. The van der Waals surface area contributed by atoms with Crippen LogP contribution in [0.4, 0.5) is 0 Å². The van der Waals surface area contributed by atoms with Crippen LogP contribution in [0.2, 0.25) is 0 Å². The van der Waals surface area contributed by atoms with E-state index in [-0.39, 0.29) is 35.7 Å². The van der Waals surface area contributed by atoms with Crippen LogP contribution in [-0.2, 0) is 9.30 Å². The number of rotatable bonds is 4. The van der Waals surface area contributed by atoms with Gasteiger partial charge in [0.25, 0.3) is 0 Å². The molecule has 1 heterocycles. The molecule has 3 atom stereocenters. The second-order valence-corrected chi connectivity index (χ2v) is 5.14. The van der Waals surface area contributed by atoms with Crippen LogP contribution >= 0.6 is 7.52 Å². The van der Waals surface area contributed by atoms with Crippen molar-refractivity contribution in [3.63, 3.8) is 0 Å². The smallest absolute Gasteiger partial charge is 0.786 e. The minimum Gasteiger partial charge on any atom is -0.786 e. The average molecular weight is 215 g/mol. The predicted octanol–water partition coefficient (Wildman–Crippen LogP) is -2.37. The van der Waals surface area contributed by atoms with Gasteiger partial charge in [0.2, 0.25) is 0 Å². The van der Waals surface area contributed by atoms with Crippen LogP contribution in [0, 0.1) is 0 Å². The van der Waals surface area contributed by atoms with E-state index in [4.69, 9.17) is 4.74 Å². The Balaban J connectivity index is 0.00000144. The molecule has 0 amide bonds. The van der Waals surface area contributed by atoms with Gasteiger partial charge in [-0.2, -0.15) is 0 Å². The molecular formula is C7H15NNaO3P. The molecule has 0 aromatic carbocycles. The molecular weight excluding hydrogens is 200 g/mol. The summed E-state index contributed by atoms with van der Waals surface area (Å²) in [5.41, 5.74) is 0. The number of hydrogen-bond acceptors (Lipinski definition) is 3. The van der Waals surface area contributed by atoms with E-state index in [1.807, 2.05) is 13.8 Å². The molecule has 72 valence electrons. The van der Waals surface area contributed by atoms with Crippen LogP contribution in [0.1, 0.15) is 20.8 Å². The molecule has 13 heavy (non-hydrogen) atoms. The summed E-state index contributed by atoms with van der Waals surface area (Å²) >= 11 is 0. The van der Waals surface area contributed by atoms with Crippen molar-refractivity contribution in [1.82, 2.24) is 4.67 Å². The molecule has 0 spiro atoms. The van der Waals surface area contributed by atoms with Crippen molar-refractivity contribution in [2.24, 2.45) is 0 Å². The standard InChI is InChI=1S/C7H16NO3P.Na/c1-4-8(5-2)12(9,10)7-6(3)11-7;/h6-7H,4-5H2,1-3H3,(H,9,10);/q;+1/p-1/t6-,7+;/m1./s1. The van der Waals surface area contributed by atoms with Gasteiger partial charge in [0, 0.05) is 13.1 Å². The van der Waals surface area contributed by atoms with Gasteiger partial charge in [-0.3, -0.25) is 4.67 Å². The molecule has 1 aliphatic heterocycles. The average Bonchev–Trinajstić information content (AvgIpc) is 2.69. The zero-order chi connectivity index (χ0) is 9.35. The van der Waals surface area contributed by atoms with Gasteiger partial charge in [-0.25, -0.2) is 0 Å². The monoisotopic (exact) mass is 215 g/mol. The quantitative estimate of drug-likeness (QED) is 0.299. The van der Waals surface area contributed by atoms with E-state index in [9.17, 15) is 9.46 Å². The molecule has 0 N–H and O–H groups in total. The summed E-state index contributed by atoms with van der Waals surface area (Å²) in [6, 6.07) is 0. The fourth-order valence-electron chi connectivity index (χ4n) is 1.30. The minimum atomic E-state index is -3.46. The molecule has 0 aliphatic carbocycles. The first-order valence-electron chi connectivity index (χ1n) is 4.25. The van der Waals surface area contributed by atoms with Crippen LogP contribution in [0.15, 0.2) is 0 Å². The maximum Gasteiger partial charge on any atom is 1.00 e. The number of epoxide rings is 1. The Bertz CT molecular complexity index is 210. The van der Waals surface area contributed by atoms with E-state index in [0.717, 1.165) is 0 Å². The Hall–Kier alpha value is 1.11. The van der Waals surface area contributed by atoms with Crippen molar-refractivity contribution in [3.05, 3.63) is 0 Å². The zero-order valence-electron chi connectivity index (χ0n) is 8.69. The molecule has 1 saturated heterocycles. The number of hydrogen-bond donors (Lipinski definition) is 0. The van der Waals surface area contributed by atoms with Gasteiger partial charge >= 0.3 is 29.6 Å². The van der Waals surface area contributed by atoms with Crippen molar-refractivity contribution in [3.8, 4) is 0 Å². The van der Waals surface area contributed by atoms with E-state index in [0.29, 0.717) is 13.1 Å². The zero-order valence-corrected chi connectivity index (χ0v) is 11.6. The summed E-state index contributed by atoms with van der Waals surface area (Å²) in [6.45, 7) is 6.51. The van der Waals surface area contributed by atoms with Gasteiger partial charge in [0.1, 0.15) is 13.4 Å². The Morgan fingerprint density at radius 3 is 2.08 bits per heavy atom. The van der Waals surface area contributed by atoms with E-state index >= 15 is 0 Å². The van der Waals surface area contributed by atoms with Gasteiger partial charge in [0.15, 0.2) is 0 Å². The SMILES string of the molecule is CCN(CC)P(=O)([O-])[C@@H]1O[C@@H]1C.[Na+]. The van der Waals surface area contributed by atoms with Crippen LogP contribution in [0.25, 0.3) is 0 Å². The minimum absolute atomic E-state index is 0. The van der Waals surface area contributed by atoms with Crippen molar-refractivity contribution in [2.45, 2.75) is 32.7 Å². The van der Waals surface area contributed by atoms with Gasteiger partial charge in [-0.15, -0.1) is 0 Å². The second-order valence-electron chi connectivity index (χ2n) is 2.93. The largest absolute Gasteiger partial charge is 1.00 e. The third-order valence-corrected chi connectivity index (χ3v) is 4.66. The molecule has 0 saturated carbocycles. The summed E-state index contributed by atoms with van der Waals surface area (Å²) < 4.78 is 18.0. The van der Waals surface area contributed by atoms with Gasteiger partial charge in [0.05, 0.1) is 6.10 Å². The van der Waals surface area contributed by atoms with Crippen LogP contribution in [0.3, 0.4) is 0 Å². The first-order chi connectivity index (χ1) is 5.54. The first kappa shape index (κ1) is 14.1. The van der Waals surface area contributed by atoms with E-state index in [2.05, 4.69) is 0 Å². The molecule has 4 nitrogen and oxygen atoms in total. The van der Waals surface area contributed by atoms with Gasteiger partial charge < -0.3 is 14.2 Å². The molecule has 0 radical (unpaired) electrons. The number of ether oxygens (including phenoxy) is 1. The molecule has 0 aromatic rings. The Kier molecular flexibility index (Phi) is 5.71. The fourth-order valence-corrected chi connectivity index (χ4v) is 3.28. The van der Waals surface area contributed by atoms with Gasteiger partial charge in [-0.05, 0) is 6.92 Å². The molecule has 1 fully saturated rings. The third-order valence-electron chi connectivity index (χ3n) is 2.12. The van der Waals surface area contributed by atoms with E-state index in [1.165, 1.54) is 4.67 Å². The second kappa shape index (κ2) is 5.26. The molecule has 1 unspecified atom stereocenters. The van der Waals surface area contributed by atoms with Crippen LogP contribution < -0.4 is 34.5 Å². The summed E-state index contributed by atoms with van der Waals surface area (Å²) in [7, 11) is -3.46. The van der Waals surface area contributed by atoms with Gasteiger partial charge in [-0.1, -0.05) is 13.8 Å². The molecule has 1 rings (SSSR count). The molecule has 6 heteroatoms. The Labute approximate surface area is 101 Å². The normalized spacial score (nSPS) is 30.8. The Morgan fingerprint density at radius 2 is 1.85 bits per heavy atom. The summed E-state index contributed by atoms with van der Waals surface area (Å²) in [5, 5.41) is 0. The van der Waals surface area contributed by atoms with Crippen molar-refractivity contribution < 1.29 is 43.8 Å². The predicted molar refractivity (Wildman–Crippen MR) is 44.9 cm³/mol. The third kappa shape index (κ3) is 3.03. The van der Waals surface area contributed by atoms with Crippen molar-refractivity contribution >= 4 is 7.52 Å². The van der Waals surface area contributed by atoms with Crippen LogP contribution in [0.5, 0.6) is 0 Å². The molecule has 0 aromatic heterocycles. The maximum atomic E-state index is 11.6. The topological polar surface area (TPSA) is 55.9 Å². The first-order valence-corrected chi connectivity index (χ1v) is 5.90. The Morgan fingerprint density at radius 1 is 1.46 bits per heavy atom. The summed E-state index contributed by atoms with van der Waals surface area (Å²) in [5.74, 6) is -0.558. The van der Waals surface area contributed by atoms with Crippen LogP contribution in [-0.4, -0.2) is 29.7 Å². The molecule has 0 bridgehead atoms. The van der Waals surface area contributed by atoms with Crippen molar-refractivity contribution in [2.75, 3.05) is 13.1 Å². The number of nitrogens with zero attached hydrogens (tertiary/aromatic N) is 1. The van der Waals surface area contributed by atoms with E-state index < -0.39 is 13.4 Å². The maximum absolute atomic E-state index is 11.6. The fraction of sp³-hybridized carbons (Fsp3) is 1.00. The summed E-state index contributed by atoms with van der Waals surface area (Å²) in [6.07, 6.45) is -0.117. The van der Waals surface area contributed by atoms with E-state index in [1.54, 1.807) is 6.92 Å². The van der Waals surface area contributed by atoms with Crippen molar-refractivity contribution in [1.29, 1.82) is 0 Å². The molecule has 1 aliphatic rings.